The third-order valence-corrected chi connectivity index (χ3v) is 5.65. The first kappa shape index (κ1) is 9.06. The molecule has 1 aliphatic rings. The molecule has 1 rings (SSSR count). The number of thioether (sulfide) groups is 1. The molecule has 0 aromatic rings. The predicted octanol–water partition coefficient (Wildman–Crippen LogP) is 0.673. The summed E-state index contributed by atoms with van der Waals surface area (Å²) in [4.78, 5) is 10.4. The SMILES string of the molecule is C[C@]1(CC(=O)O)SCCS1=O. The maximum absolute atomic E-state index is 11.3. The van der Waals surface area contributed by atoms with Gasteiger partial charge in [-0.3, -0.25) is 9.00 Å². The standard InChI is InChI=1S/C6H10O3S2/c1-6(4-5(7)8)10-2-3-11(6)9/h2-4H2,1H3,(H,7,8)/t6-,11?/m0/s1. The Bertz CT molecular complexity index is 204. The number of rotatable bonds is 2. The fourth-order valence-corrected chi connectivity index (χ4v) is 4.36. The maximum atomic E-state index is 11.3. The quantitative estimate of drug-likeness (QED) is 0.702. The summed E-state index contributed by atoms with van der Waals surface area (Å²) in [7, 11) is -0.965. The molecule has 3 nitrogen and oxygen atoms in total. The van der Waals surface area contributed by atoms with Crippen LogP contribution in [-0.4, -0.2) is 30.9 Å². The monoisotopic (exact) mass is 194 g/mol. The number of carboxylic acid groups (broad SMARTS) is 1. The van der Waals surface area contributed by atoms with E-state index in [9.17, 15) is 9.00 Å². The zero-order valence-electron chi connectivity index (χ0n) is 6.20. The van der Waals surface area contributed by atoms with Gasteiger partial charge in [-0.05, 0) is 6.92 Å². The highest BCUT2D eigenvalue weighted by Crippen LogP contribution is 2.38. The van der Waals surface area contributed by atoms with Crippen molar-refractivity contribution in [3.63, 3.8) is 0 Å². The van der Waals surface area contributed by atoms with E-state index in [2.05, 4.69) is 0 Å². The molecule has 1 N–H and O–H groups in total. The molecule has 0 spiro atoms. The van der Waals surface area contributed by atoms with Crippen LogP contribution < -0.4 is 0 Å². The summed E-state index contributed by atoms with van der Waals surface area (Å²) in [5.74, 6) is 0.584. The van der Waals surface area contributed by atoms with E-state index in [0.717, 1.165) is 5.75 Å². The Labute approximate surface area is 72.0 Å². The summed E-state index contributed by atoms with van der Waals surface area (Å²) in [5, 5.41) is 8.51. The van der Waals surface area contributed by atoms with Crippen molar-refractivity contribution < 1.29 is 14.1 Å². The van der Waals surface area contributed by atoms with Crippen LogP contribution in [0, 0.1) is 0 Å². The van der Waals surface area contributed by atoms with E-state index in [1.165, 1.54) is 11.8 Å². The van der Waals surface area contributed by atoms with E-state index in [-0.39, 0.29) is 6.42 Å². The highest BCUT2D eigenvalue weighted by atomic mass is 32.2. The Morgan fingerprint density at radius 1 is 1.82 bits per heavy atom. The van der Waals surface area contributed by atoms with Gasteiger partial charge in [-0.25, -0.2) is 0 Å². The van der Waals surface area contributed by atoms with Crippen molar-refractivity contribution in [2.75, 3.05) is 11.5 Å². The molecule has 0 aromatic carbocycles. The average Bonchev–Trinajstić information content (AvgIpc) is 2.11. The molecule has 1 fully saturated rings. The topological polar surface area (TPSA) is 54.4 Å². The first-order valence-corrected chi connectivity index (χ1v) is 5.59. The Morgan fingerprint density at radius 3 is 2.82 bits per heavy atom. The summed E-state index contributed by atoms with van der Waals surface area (Å²) in [6.45, 7) is 1.76. The molecular formula is C6H10O3S2. The van der Waals surface area contributed by atoms with Crippen molar-refractivity contribution in [2.45, 2.75) is 17.4 Å². The zero-order valence-corrected chi connectivity index (χ0v) is 7.83. The van der Waals surface area contributed by atoms with Crippen LogP contribution in [0.5, 0.6) is 0 Å². The molecule has 11 heavy (non-hydrogen) atoms. The van der Waals surface area contributed by atoms with Gasteiger partial charge in [0.05, 0.1) is 10.5 Å². The highest BCUT2D eigenvalue weighted by Gasteiger charge is 2.38. The first-order chi connectivity index (χ1) is 5.04. The van der Waals surface area contributed by atoms with Crippen molar-refractivity contribution in [2.24, 2.45) is 0 Å². The van der Waals surface area contributed by atoms with Gasteiger partial charge >= 0.3 is 5.97 Å². The van der Waals surface area contributed by atoms with Gasteiger partial charge in [0, 0.05) is 22.3 Å². The second kappa shape index (κ2) is 3.15. The Hall–Kier alpha value is -0.0300. The van der Waals surface area contributed by atoms with Crippen LogP contribution in [0.1, 0.15) is 13.3 Å². The summed E-state index contributed by atoms with van der Waals surface area (Å²) < 4.78 is 10.7. The van der Waals surface area contributed by atoms with Crippen molar-refractivity contribution in [1.82, 2.24) is 0 Å². The van der Waals surface area contributed by atoms with Crippen LogP contribution in [0.3, 0.4) is 0 Å². The van der Waals surface area contributed by atoms with Crippen LogP contribution in [-0.2, 0) is 15.6 Å². The van der Waals surface area contributed by atoms with E-state index >= 15 is 0 Å². The minimum Gasteiger partial charge on any atom is -0.481 e. The minimum absolute atomic E-state index is 0.00424. The van der Waals surface area contributed by atoms with Gasteiger partial charge in [0.2, 0.25) is 0 Å². The van der Waals surface area contributed by atoms with Crippen molar-refractivity contribution in [3.8, 4) is 0 Å². The maximum Gasteiger partial charge on any atom is 0.305 e. The van der Waals surface area contributed by atoms with Gasteiger partial charge < -0.3 is 5.11 Å². The van der Waals surface area contributed by atoms with Gasteiger partial charge in [0.15, 0.2) is 0 Å². The van der Waals surface area contributed by atoms with Crippen LogP contribution in [0.25, 0.3) is 0 Å². The average molecular weight is 194 g/mol. The largest absolute Gasteiger partial charge is 0.481 e. The lowest BCUT2D eigenvalue weighted by atomic mass is 10.3. The summed E-state index contributed by atoms with van der Waals surface area (Å²) in [5.41, 5.74) is 0. The smallest absolute Gasteiger partial charge is 0.305 e. The van der Waals surface area contributed by atoms with Gasteiger partial charge in [0.1, 0.15) is 0 Å². The number of carbonyl (C=O) groups is 1. The molecule has 2 atom stereocenters. The normalized spacial score (nSPS) is 37.4. The lowest BCUT2D eigenvalue weighted by Gasteiger charge is -2.17. The van der Waals surface area contributed by atoms with E-state index in [1.807, 2.05) is 0 Å². The molecule has 0 aromatic heterocycles. The summed E-state index contributed by atoms with van der Waals surface area (Å²) >= 11 is 1.50. The number of hydrogen-bond donors (Lipinski definition) is 1. The van der Waals surface area contributed by atoms with Crippen molar-refractivity contribution >= 4 is 28.5 Å². The minimum atomic E-state index is -0.965. The van der Waals surface area contributed by atoms with E-state index < -0.39 is 20.8 Å². The van der Waals surface area contributed by atoms with E-state index in [0.29, 0.717) is 5.75 Å². The third-order valence-electron chi connectivity index (χ3n) is 1.63. The Balaban J connectivity index is 2.65. The van der Waals surface area contributed by atoms with Gasteiger partial charge in [-0.2, -0.15) is 0 Å². The molecule has 0 radical (unpaired) electrons. The van der Waals surface area contributed by atoms with Crippen LogP contribution in [0.2, 0.25) is 0 Å². The molecule has 0 bridgehead atoms. The first-order valence-electron chi connectivity index (χ1n) is 3.29. The molecule has 0 saturated carbocycles. The van der Waals surface area contributed by atoms with Crippen LogP contribution in [0.15, 0.2) is 0 Å². The molecule has 5 heteroatoms. The lowest BCUT2D eigenvalue weighted by molar-refractivity contribution is -0.137. The third kappa shape index (κ3) is 1.96. The Kier molecular flexibility index (Phi) is 2.59. The van der Waals surface area contributed by atoms with E-state index in [1.54, 1.807) is 6.92 Å². The molecule has 1 aliphatic heterocycles. The molecule has 0 aliphatic carbocycles. The fourth-order valence-electron chi connectivity index (χ4n) is 1.02. The number of carboxylic acids is 1. The highest BCUT2D eigenvalue weighted by molar-refractivity contribution is 8.15. The lowest BCUT2D eigenvalue weighted by Crippen LogP contribution is -2.26. The molecule has 64 valence electrons. The number of aliphatic carboxylic acids is 1. The van der Waals surface area contributed by atoms with Gasteiger partial charge in [-0.1, -0.05) is 0 Å². The molecule has 1 saturated heterocycles. The summed E-state index contributed by atoms with van der Waals surface area (Å²) in [6.07, 6.45) is 0.00424. The molecule has 1 unspecified atom stereocenters. The molecule has 1 heterocycles. The fraction of sp³-hybridized carbons (Fsp3) is 0.833. The predicted molar refractivity (Wildman–Crippen MR) is 46.1 cm³/mol. The van der Waals surface area contributed by atoms with Crippen molar-refractivity contribution in [1.29, 1.82) is 0 Å². The van der Waals surface area contributed by atoms with Crippen LogP contribution in [0.4, 0.5) is 0 Å². The van der Waals surface area contributed by atoms with Crippen LogP contribution >= 0.6 is 11.8 Å². The van der Waals surface area contributed by atoms with Gasteiger partial charge in [-0.15, -0.1) is 11.8 Å². The van der Waals surface area contributed by atoms with Crippen molar-refractivity contribution in [3.05, 3.63) is 0 Å². The van der Waals surface area contributed by atoms with E-state index in [4.69, 9.17) is 5.11 Å². The zero-order chi connectivity index (χ0) is 8.48. The molecular weight excluding hydrogens is 184 g/mol. The Morgan fingerprint density at radius 2 is 2.45 bits per heavy atom. The second-order valence-electron chi connectivity index (χ2n) is 2.60. The summed E-state index contributed by atoms with van der Waals surface area (Å²) in [6, 6.07) is 0. The molecule has 0 amide bonds. The van der Waals surface area contributed by atoms with Gasteiger partial charge in [0.25, 0.3) is 0 Å². The number of hydrogen-bond acceptors (Lipinski definition) is 3. The second-order valence-corrected chi connectivity index (χ2v) is 6.46.